The lowest BCUT2D eigenvalue weighted by Crippen LogP contribution is -2.38. The maximum absolute atomic E-state index is 12.1. The highest BCUT2D eigenvalue weighted by Crippen LogP contribution is 2.17. The molecule has 0 aromatic carbocycles. The molecule has 8 heteroatoms. The molecule has 0 aliphatic heterocycles. The standard InChI is InChI=1S/C15H23F3N4O/c1-4-5-8-22(3)14(19-2)21-10-12-6-7-13(20-9-12)23-11-15(16,17)18/h6-7,9H,4-5,8,10-11H2,1-3H3,(H,19,21). The first-order chi connectivity index (χ1) is 10.9. The van der Waals surface area contributed by atoms with E-state index in [1.54, 1.807) is 13.1 Å². The van der Waals surface area contributed by atoms with Gasteiger partial charge in [0.2, 0.25) is 5.88 Å². The van der Waals surface area contributed by atoms with E-state index >= 15 is 0 Å². The zero-order chi connectivity index (χ0) is 17.3. The number of guanidine groups is 1. The lowest BCUT2D eigenvalue weighted by Gasteiger charge is -2.21. The summed E-state index contributed by atoms with van der Waals surface area (Å²) in [6.45, 7) is 2.17. The number of ether oxygens (including phenoxy) is 1. The van der Waals surface area contributed by atoms with Crippen molar-refractivity contribution >= 4 is 5.96 Å². The Hall–Kier alpha value is -1.99. The molecular formula is C15H23F3N4O. The predicted octanol–water partition coefficient (Wildman–Crippen LogP) is 2.83. The second-order valence-corrected chi connectivity index (χ2v) is 5.08. The third-order valence-electron chi connectivity index (χ3n) is 3.05. The molecule has 23 heavy (non-hydrogen) atoms. The van der Waals surface area contributed by atoms with Gasteiger partial charge in [-0.15, -0.1) is 0 Å². The van der Waals surface area contributed by atoms with E-state index in [1.165, 1.54) is 12.3 Å². The topological polar surface area (TPSA) is 49.8 Å². The summed E-state index contributed by atoms with van der Waals surface area (Å²) in [7, 11) is 3.66. The van der Waals surface area contributed by atoms with Gasteiger partial charge in [-0.3, -0.25) is 4.99 Å². The molecule has 0 fully saturated rings. The van der Waals surface area contributed by atoms with E-state index < -0.39 is 12.8 Å². The third kappa shape index (κ3) is 7.71. The van der Waals surface area contributed by atoms with Crippen molar-refractivity contribution in [1.82, 2.24) is 15.2 Å². The fraction of sp³-hybridized carbons (Fsp3) is 0.600. The minimum atomic E-state index is -4.36. The summed E-state index contributed by atoms with van der Waals surface area (Å²) in [6, 6.07) is 3.09. The Morgan fingerprint density at radius 3 is 2.65 bits per heavy atom. The number of aromatic nitrogens is 1. The maximum atomic E-state index is 12.1. The van der Waals surface area contributed by atoms with Gasteiger partial charge in [0.05, 0.1) is 0 Å². The largest absolute Gasteiger partial charge is 0.468 e. The van der Waals surface area contributed by atoms with Crippen molar-refractivity contribution in [2.45, 2.75) is 32.5 Å². The highest BCUT2D eigenvalue weighted by molar-refractivity contribution is 5.79. The second kappa shape index (κ2) is 9.22. The van der Waals surface area contributed by atoms with Gasteiger partial charge in [0.25, 0.3) is 0 Å². The molecule has 0 atom stereocenters. The van der Waals surface area contributed by atoms with E-state index in [2.05, 4.69) is 27.0 Å². The zero-order valence-corrected chi connectivity index (χ0v) is 13.7. The SMILES string of the molecule is CCCCN(C)C(=NC)NCc1ccc(OCC(F)(F)F)nc1. The average Bonchev–Trinajstić information content (AvgIpc) is 2.51. The highest BCUT2D eigenvalue weighted by Gasteiger charge is 2.28. The van der Waals surface area contributed by atoms with Crippen LogP contribution in [0.5, 0.6) is 5.88 Å². The van der Waals surface area contributed by atoms with Gasteiger partial charge in [-0.25, -0.2) is 4.98 Å². The summed E-state index contributed by atoms with van der Waals surface area (Å²) < 4.78 is 40.7. The number of alkyl halides is 3. The van der Waals surface area contributed by atoms with Crippen LogP contribution in [0.25, 0.3) is 0 Å². The van der Waals surface area contributed by atoms with Crippen molar-refractivity contribution in [2.24, 2.45) is 4.99 Å². The van der Waals surface area contributed by atoms with Crippen LogP contribution in [0.1, 0.15) is 25.3 Å². The molecule has 0 amide bonds. The summed E-state index contributed by atoms with van der Waals surface area (Å²) in [5.41, 5.74) is 0.828. The van der Waals surface area contributed by atoms with Crippen LogP contribution in [0, 0.1) is 0 Å². The van der Waals surface area contributed by atoms with Crippen molar-refractivity contribution in [3.8, 4) is 5.88 Å². The summed E-state index contributed by atoms with van der Waals surface area (Å²) in [4.78, 5) is 10.1. The van der Waals surface area contributed by atoms with E-state index in [0.29, 0.717) is 6.54 Å². The molecule has 1 rings (SSSR count). The van der Waals surface area contributed by atoms with Crippen molar-refractivity contribution in [3.63, 3.8) is 0 Å². The summed E-state index contributed by atoms with van der Waals surface area (Å²) >= 11 is 0. The van der Waals surface area contributed by atoms with Crippen LogP contribution in [0.2, 0.25) is 0 Å². The predicted molar refractivity (Wildman–Crippen MR) is 83.5 cm³/mol. The molecule has 1 aromatic heterocycles. The molecule has 0 spiro atoms. The first kappa shape index (κ1) is 19.1. The van der Waals surface area contributed by atoms with E-state index in [-0.39, 0.29) is 5.88 Å². The monoisotopic (exact) mass is 332 g/mol. The van der Waals surface area contributed by atoms with Crippen molar-refractivity contribution in [2.75, 3.05) is 27.2 Å². The molecule has 130 valence electrons. The van der Waals surface area contributed by atoms with E-state index in [0.717, 1.165) is 30.9 Å². The van der Waals surface area contributed by atoms with Crippen molar-refractivity contribution < 1.29 is 17.9 Å². The number of unbranched alkanes of at least 4 members (excludes halogenated alkanes) is 1. The normalized spacial score (nSPS) is 12.2. The molecule has 0 radical (unpaired) electrons. The van der Waals surface area contributed by atoms with Gasteiger partial charge in [-0.05, 0) is 12.0 Å². The molecule has 0 bridgehead atoms. The van der Waals surface area contributed by atoms with E-state index in [1.807, 2.05) is 11.9 Å². The molecule has 0 aliphatic rings. The highest BCUT2D eigenvalue weighted by atomic mass is 19.4. The van der Waals surface area contributed by atoms with Gasteiger partial charge in [0.15, 0.2) is 12.6 Å². The Kier molecular flexibility index (Phi) is 7.64. The minimum absolute atomic E-state index is 0.0458. The van der Waals surface area contributed by atoms with E-state index in [9.17, 15) is 13.2 Å². The van der Waals surface area contributed by atoms with Gasteiger partial charge in [0, 0.05) is 39.4 Å². The van der Waals surface area contributed by atoms with Gasteiger partial charge in [-0.2, -0.15) is 13.2 Å². The molecular weight excluding hydrogens is 309 g/mol. The Balaban J connectivity index is 2.48. The number of nitrogens with zero attached hydrogens (tertiary/aromatic N) is 3. The summed E-state index contributed by atoms with van der Waals surface area (Å²) in [5.74, 6) is 0.714. The van der Waals surface area contributed by atoms with Crippen molar-refractivity contribution in [1.29, 1.82) is 0 Å². The fourth-order valence-electron chi connectivity index (χ4n) is 1.82. The zero-order valence-electron chi connectivity index (χ0n) is 13.7. The number of rotatable bonds is 7. The third-order valence-corrected chi connectivity index (χ3v) is 3.05. The van der Waals surface area contributed by atoms with Gasteiger partial charge in [-0.1, -0.05) is 19.4 Å². The fourth-order valence-corrected chi connectivity index (χ4v) is 1.82. The molecule has 0 saturated carbocycles. The Labute approximate surface area is 134 Å². The Morgan fingerprint density at radius 2 is 2.13 bits per heavy atom. The quantitative estimate of drug-likeness (QED) is 0.616. The van der Waals surface area contributed by atoms with Gasteiger partial charge < -0.3 is 15.0 Å². The van der Waals surface area contributed by atoms with Crippen LogP contribution in [-0.2, 0) is 6.54 Å². The summed E-state index contributed by atoms with van der Waals surface area (Å²) in [6.07, 6.45) is -0.704. The van der Waals surface area contributed by atoms with Crippen molar-refractivity contribution in [3.05, 3.63) is 23.9 Å². The second-order valence-electron chi connectivity index (χ2n) is 5.08. The number of nitrogens with one attached hydrogen (secondary N) is 1. The molecule has 0 aliphatic carbocycles. The number of aliphatic imine (C=N–C) groups is 1. The van der Waals surface area contributed by atoms with Crippen LogP contribution in [0.15, 0.2) is 23.3 Å². The van der Waals surface area contributed by atoms with Crippen LogP contribution in [0.3, 0.4) is 0 Å². The average molecular weight is 332 g/mol. The number of hydrogen-bond acceptors (Lipinski definition) is 3. The van der Waals surface area contributed by atoms with Crippen LogP contribution in [-0.4, -0.2) is 49.3 Å². The first-order valence-electron chi connectivity index (χ1n) is 7.42. The number of halogens is 3. The molecule has 0 saturated heterocycles. The first-order valence-corrected chi connectivity index (χ1v) is 7.42. The molecule has 5 nitrogen and oxygen atoms in total. The summed E-state index contributed by atoms with van der Waals surface area (Å²) in [5, 5.41) is 3.19. The van der Waals surface area contributed by atoms with Gasteiger partial charge >= 0.3 is 6.18 Å². The van der Waals surface area contributed by atoms with Crippen LogP contribution < -0.4 is 10.1 Å². The van der Waals surface area contributed by atoms with E-state index in [4.69, 9.17) is 0 Å². The molecule has 1 heterocycles. The number of hydrogen-bond donors (Lipinski definition) is 1. The lowest BCUT2D eigenvalue weighted by atomic mass is 10.3. The Morgan fingerprint density at radius 1 is 1.39 bits per heavy atom. The maximum Gasteiger partial charge on any atom is 0.422 e. The molecule has 0 unspecified atom stereocenters. The van der Waals surface area contributed by atoms with Crippen LogP contribution in [0.4, 0.5) is 13.2 Å². The Bertz CT molecular complexity index is 488. The smallest absolute Gasteiger partial charge is 0.422 e. The number of pyridine rings is 1. The molecule has 1 N–H and O–H groups in total. The van der Waals surface area contributed by atoms with Crippen LogP contribution >= 0.6 is 0 Å². The minimum Gasteiger partial charge on any atom is -0.468 e. The van der Waals surface area contributed by atoms with Gasteiger partial charge in [0.1, 0.15) is 0 Å². The lowest BCUT2D eigenvalue weighted by molar-refractivity contribution is -0.154. The molecule has 1 aromatic rings.